The molecule has 7 nitrogen and oxygen atoms in total. The summed E-state index contributed by atoms with van der Waals surface area (Å²) in [4.78, 5) is 23.9. The summed E-state index contributed by atoms with van der Waals surface area (Å²) in [5, 5.41) is 2.59. The van der Waals surface area contributed by atoms with Crippen molar-refractivity contribution < 1.29 is 14.3 Å². The Labute approximate surface area is 95.5 Å². The van der Waals surface area contributed by atoms with Crippen LogP contribution in [0.2, 0.25) is 0 Å². The highest BCUT2D eigenvalue weighted by molar-refractivity contribution is 5.77. The molecule has 0 rings (SSSR count). The van der Waals surface area contributed by atoms with Gasteiger partial charge in [0.2, 0.25) is 0 Å². The normalized spacial score (nSPS) is 9.75. The van der Waals surface area contributed by atoms with Crippen LogP contribution in [0.1, 0.15) is 13.3 Å². The molecular weight excluding hydrogens is 212 g/mol. The zero-order valence-electron chi connectivity index (χ0n) is 10.0. The number of hydrogen-bond acceptors (Lipinski definition) is 4. The van der Waals surface area contributed by atoms with Crippen LogP contribution in [0, 0.1) is 0 Å². The maximum atomic E-state index is 11.1. The lowest BCUT2D eigenvalue weighted by molar-refractivity contribution is 0.147. The van der Waals surface area contributed by atoms with E-state index in [1.54, 1.807) is 6.92 Å². The Kier molecular flexibility index (Phi) is 7.96. The van der Waals surface area contributed by atoms with Gasteiger partial charge in [-0.1, -0.05) is 0 Å². The first-order valence-electron chi connectivity index (χ1n) is 5.17. The molecule has 7 heteroatoms. The van der Waals surface area contributed by atoms with Gasteiger partial charge in [0, 0.05) is 6.54 Å². The first-order chi connectivity index (χ1) is 7.56. The summed E-state index contributed by atoms with van der Waals surface area (Å²) in [6.07, 6.45) is 0.172. The zero-order chi connectivity index (χ0) is 12.4. The second kappa shape index (κ2) is 8.78. The van der Waals surface area contributed by atoms with Gasteiger partial charge in [-0.15, -0.1) is 0 Å². The first-order valence-corrected chi connectivity index (χ1v) is 5.17. The number of nitrogens with zero attached hydrogens (tertiary/aromatic N) is 1. The third-order valence-corrected chi connectivity index (χ3v) is 1.62. The van der Waals surface area contributed by atoms with Crippen LogP contribution in [0.3, 0.4) is 0 Å². The molecule has 0 fully saturated rings. The van der Waals surface area contributed by atoms with Gasteiger partial charge >= 0.3 is 12.1 Å². The van der Waals surface area contributed by atoms with Crippen LogP contribution in [0.15, 0.2) is 0 Å². The standard InChI is InChI=1S/C9H20N4O3/c1-4-16-9(15)12-11-8(14)10-6-5-7-13(2)3/h4-7H2,1-3H3,(H,12,15)(H2,10,11,14). The van der Waals surface area contributed by atoms with Gasteiger partial charge in [-0.25, -0.2) is 20.4 Å². The summed E-state index contributed by atoms with van der Waals surface area (Å²) in [5.74, 6) is 0. The summed E-state index contributed by atoms with van der Waals surface area (Å²) in [5.41, 5.74) is 4.27. The minimum absolute atomic E-state index is 0.262. The van der Waals surface area contributed by atoms with Gasteiger partial charge in [-0.2, -0.15) is 0 Å². The third kappa shape index (κ3) is 9.07. The molecule has 0 radical (unpaired) electrons. The molecule has 0 saturated heterocycles. The number of rotatable bonds is 5. The number of ether oxygens (including phenoxy) is 1. The maximum Gasteiger partial charge on any atom is 0.426 e. The van der Waals surface area contributed by atoms with E-state index in [4.69, 9.17) is 0 Å². The molecular formula is C9H20N4O3. The van der Waals surface area contributed by atoms with Gasteiger partial charge in [-0.05, 0) is 34.0 Å². The van der Waals surface area contributed by atoms with Crippen LogP contribution < -0.4 is 16.2 Å². The smallest absolute Gasteiger partial charge is 0.426 e. The summed E-state index contributed by atoms with van der Waals surface area (Å²) in [6, 6.07) is -0.452. The average Bonchev–Trinajstić information content (AvgIpc) is 2.22. The van der Waals surface area contributed by atoms with E-state index in [-0.39, 0.29) is 6.61 Å². The van der Waals surface area contributed by atoms with E-state index in [0.717, 1.165) is 13.0 Å². The van der Waals surface area contributed by atoms with Crippen molar-refractivity contribution in [2.75, 3.05) is 33.8 Å². The predicted molar refractivity (Wildman–Crippen MR) is 59.9 cm³/mol. The zero-order valence-corrected chi connectivity index (χ0v) is 10.0. The van der Waals surface area contributed by atoms with E-state index in [0.29, 0.717) is 6.54 Å². The third-order valence-electron chi connectivity index (χ3n) is 1.62. The minimum Gasteiger partial charge on any atom is -0.449 e. The van der Waals surface area contributed by atoms with Crippen molar-refractivity contribution in [3.05, 3.63) is 0 Å². The van der Waals surface area contributed by atoms with Crippen LogP contribution in [0.5, 0.6) is 0 Å². The Bertz CT molecular complexity index is 221. The van der Waals surface area contributed by atoms with Crippen molar-refractivity contribution in [2.45, 2.75) is 13.3 Å². The van der Waals surface area contributed by atoms with Gasteiger partial charge in [-0.3, -0.25) is 0 Å². The summed E-state index contributed by atoms with van der Waals surface area (Å²) >= 11 is 0. The molecule has 0 unspecified atom stereocenters. The number of carbonyl (C=O) groups excluding carboxylic acids is 2. The molecule has 0 aliphatic carbocycles. The van der Waals surface area contributed by atoms with Crippen molar-refractivity contribution in [2.24, 2.45) is 0 Å². The number of nitrogens with one attached hydrogen (secondary N) is 3. The molecule has 0 aliphatic rings. The molecule has 0 atom stereocenters. The molecule has 0 aliphatic heterocycles. The quantitative estimate of drug-likeness (QED) is 0.456. The molecule has 0 aromatic rings. The molecule has 16 heavy (non-hydrogen) atoms. The SMILES string of the molecule is CCOC(=O)NNC(=O)NCCCN(C)C. The van der Waals surface area contributed by atoms with Crippen LogP contribution in [-0.2, 0) is 4.74 Å². The summed E-state index contributed by atoms with van der Waals surface area (Å²) in [7, 11) is 3.92. The maximum absolute atomic E-state index is 11.1. The summed E-state index contributed by atoms with van der Waals surface area (Å²) in [6.45, 7) is 3.39. The second-order valence-corrected chi connectivity index (χ2v) is 3.38. The largest absolute Gasteiger partial charge is 0.449 e. The van der Waals surface area contributed by atoms with Crippen molar-refractivity contribution >= 4 is 12.1 Å². The van der Waals surface area contributed by atoms with Crippen LogP contribution in [0.4, 0.5) is 9.59 Å². The fourth-order valence-electron chi connectivity index (χ4n) is 0.916. The van der Waals surface area contributed by atoms with Crippen molar-refractivity contribution in [1.29, 1.82) is 0 Å². The highest BCUT2D eigenvalue weighted by Gasteiger charge is 2.02. The highest BCUT2D eigenvalue weighted by Crippen LogP contribution is 1.80. The molecule has 0 aromatic carbocycles. The Hall–Kier alpha value is -1.50. The highest BCUT2D eigenvalue weighted by atomic mass is 16.6. The molecule has 94 valence electrons. The van der Waals surface area contributed by atoms with E-state index in [1.807, 2.05) is 19.0 Å². The Morgan fingerprint density at radius 3 is 2.50 bits per heavy atom. The Balaban J connectivity index is 3.41. The van der Waals surface area contributed by atoms with Crippen LogP contribution >= 0.6 is 0 Å². The number of hydrazine groups is 1. The van der Waals surface area contributed by atoms with E-state index >= 15 is 0 Å². The van der Waals surface area contributed by atoms with Gasteiger partial charge in [0.25, 0.3) is 0 Å². The Morgan fingerprint density at radius 2 is 1.94 bits per heavy atom. The van der Waals surface area contributed by atoms with Gasteiger partial charge in [0.15, 0.2) is 0 Å². The molecule has 0 bridgehead atoms. The van der Waals surface area contributed by atoms with Crippen molar-refractivity contribution in [3.63, 3.8) is 0 Å². The lowest BCUT2D eigenvalue weighted by atomic mass is 10.4. The van der Waals surface area contributed by atoms with Crippen molar-refractivity contribution in [1.82, 2.24) is 21.1 Å². The number of amides is 3. The Morgan fingerprint density at radius 1 is 1.25 bits per heavy atom. The van der Waals surface area contributed by atoms with Crippen LogP contribution in [0.25, 0.3) is 0 Å². The fourth-order valence-corrected chi connectivity index (χ4v) is 0.916. The lowest BCUT2D eigenvalue weighted by Gasteiger charge is -2.11. The molecule has 0 aromatic heterocycles. The monoisotopic (exact) mass is 232 g/mol. The second-order valence-electron chi connectivity index (χ2n) is 3.38. The fraction of sp³-hybridized carbons (Fsp3) is 0.778. The summed E-state index contributed by atoms with van der Waals surface area (Å²) < 4.78 is 4.55. The van der Waals surface area contributed by atoms with Crippen LogP contribution in [-0.4, -0.2) is 50.8 Å². The lowest BCUT2D eigenvalue weighted by Crippen LogP contribution is -2.47. The van der Waals surface area contributed by atoms with Gasteiger partial charge in [0.1, 0.15) is 0 Å². The number of carbonyl (C=O) groups is 2. The van der Waals surface area contributed by atoms with E-state index in [9.17, 15) is 9.59 Å². The first kappa shape index (κ1) is 14.5. The van der Waals surface area contributed by atoms with Crippen molar-refractivity contribution in [3.8, 4) is 0 Å². The van der Waals surface area contributed by atoms with Gasteiger partial charge in [0.05, 0.1) is 6.61 Å². The average molecular weight is 232 g/mol. The minimum atomic E-state index is -0.675. The topological polar surface area (TPSA) is 82.7 Å². The molecule has 3 amide bonds. The molecule has 0 heterocycles. The molecule has 3 N–H and O–H groups in total. The molecule has 0 spiro atoms. The van der Waals surface area contributed by atoms with Gasteiger partial charge < -0.3 is 15.0 Å². The van der Waals surface area contributed by atoms with E-state index in [1.165, 1.54) is 0 Å². The number of hydrogen-bond donors (Lipinski definition) is 3. The predicted octanol–water partition coefficient (Wildman–Crippen LogP) is -0.102. The number of urea groups is 1. The molecule has 0 saturated carbocycles. The van der Waals surface area contributed by atoms with E-state index < -0.39 is 12.1 Å². The van der Waals surface area contributed by atoms with E-state index in [2.05, 4.69) is 20.9 Å².